The van der Waals surface area contributed by atoms with Crippen molar-refractivity contribution in [1.29, 1.82) is 0 Å². The summed E-state index contributed by atoms with van der Waals surface area (Å²) in [5.41, 5.74) is 0. The van der Waals surface area contributed by atoms with E-state index in [1.165, 1.54) is 103 Å². The van der Waals surface area contributed by atoms with Gasteiger partial charge in [0, 0.05) is 19.3 Å². The second-order valence-electron chi connectivity index (χ2n) is 18.2. The molecule has 0 N–H and O–H groups in total. The zero-order valence-corrected chi connectivity index (χ0v) is 43.2. The van der Waals surface area contributed by atoms with Crippen molar-refractivity contribution in [1.82, 2.24) is 0 Å². The normalized spacial score (nSPS) is 12.7. The Hall–Kier alpha value is -3.41. The molecule has 66 heavy (non-hydrogen) atoms. The molecule has 0 aliphatic heterocycles. The maximum atomic E-state index is 12.8. The molecule has 0 aromatic rings. The summed E-state index contributed by atoms with van der Waals surface area (Å²) in [4.78, 5) is 38.1. The zero-order valence-electron chi connectivity index (χ0n) is 43.2. The van der Waals surface area contributed by atoms with Gasteiger partial charge in [0.15, 0.2) is 6.10 Å². The van der Waals surface area contributed by atoms with Crippen molar-refractivity contribution in [2.75, 3.05) is 13.2 Å². The van der Waals surface area contributed by atoms with Crippen LogP contribution in [0.2, 0.25) is 0 Å². The van der Waals surface area contributed by atoms with Crippen LogP contribution < -0.4 is 0 Å². The molecule has 1 atom stereocenters. The number of allylic oxidation sites excluding steroid dienone is 14. The third-order valence-electron chi connectivity index (χ3n) is 11.7. The SMILES string of the molecule is CC\C=C/C=C\C=C/CCCCCCCC(=O)OCC(COC(=O)CCCCCCC/C=C\C=C/CCCCCCCCC)OC(=O)CCCCCCCCC/C=C\C/C=C\CCCCC. The minimum Gasteiger partial charge on any atom is -0.462 e. The van der Waals surface area contributed by atoms with Crippen LogP contribution in [0.15, 0.2) is 85.1 Å². The van der Waals surface area contributed by atoms with E-state index in [1.807, 2.05) is 0 Å². The van der Waals surface area contributed by atoms with Gasteiger partial charge in [-0.3, -0.25) is 14.4 Å². The van der Waals surface area contributed by atoms with Gasteiger partial charge in [-0.25, -0.2) is 0 Å². The van der Waals surface area contributed by atoms with Crippen LogP contribution in [-0.4, -0.2) is 37.2 Å². The highest BCUT2D eigenvalue weighted by Crippen LogP contribution is 2.14. The van der Waals surface area contributed by atoms with Crippen molar-refractivity contribution in [2.24, 2.45) is 0 Å². The van der Waals surface area contributed by atoms with Crippen LogP contribution in [0.25, 0.3) is 0 Å². The van der Waals surface area contributed by atoms with E-state index in [2.05, 4.69) is 106 Å². The van der Waals surface area contributed by atoms with Crippen LogP contribution in [0.4, 0.5) is 0 Å². The Bertz CT molecular complexity index is 1290. The standard InChI is InChI=1S/C60H102O6/c1-4-7-10-13-16-19-22-25-27-29-31-32-35-38-41-44-47-50-53-59(62)65-56-57(55-64-58(61)52-49-46-43-40-37-34-24-21-18-15-12-9-6-3)66-60(63)54-51-48-45-42-39-36-33-30-28-26-23-20-17-14-11-8-5-2/h9,12,15,17-18,20-21,24,26-29,31-32,57H,4-8,10-11,13-14,16,19,22-23,25,30,33-56H2,1-3H3/b12-9-,18-15-,20-17-,24-21-,28-26-,29-27-,32-31-. The smallest absolute Gasteiger partial charge is 0.306 e. The van der Waals surface area contributed by atoms with Crippen molar-refractivity contribution in [3.05, 3.63) is 85.1 Å². The molecule has 6 heteroatoms. The van der Waals surface area contributed by atoms with Gasteiger partial charge >= 0.3 is 17.9 Å². The molecule has 0 bridgehead atoms. The Morgan fingerprint density at radius 3 is 1.08 bits per heavy atom. The molecule has 6 nitrogen and oxygen atoms in total. The first-order valence-electron chi connectivity index (χ1n) is 27.6. The van der Waals surface area contributed by atoms with E-state index in [-0.39, 0.29) is 31.1 Å². The molecule has 1 unspecified atom stereocenters. The molecular weight excluding hydrogens is 817 g/mol. The molecule has 0 saturated heterocycles. The lowest BCUT2D eigenvalue weighted by Gasteiger charge is -2.18. The molecule has 0 aromatic carbocycles. The first-order valence-corrected chi connectivity index (χ1v) is 27.6. The molecule has 0 amide bonds. The van der Waals surface area contributed by atoms with E-state index in [0.29, 0.717) is 19.3 Å². The summed E-state index contributed by atoms with van der Waals surface area (Å²) >= 11 is 0. The zero-order chi connectivity index (χ0) is 47.9. The van der Waals surface area contributed by atoms with Crippen LogP contribution >= 0.6 is 0 Å². The number of carbonyl (C=O) groups excluding carboxylic acids is 3. The predicted octanol–water partition coefficient (Wildman–Crippen LogP) is 18.4. The first kappa shape index (κ1) is 62.6. The fraction of sp³-hybridized carbons (Fsp3) is 0.717. The van der Waals surface area contributed by atoms with Crippen LogP contribution in [-0.2, 0) is 28.6 Å². The van der Waals surface area contributed by atoms with Gasteiger partial charge < -0.3 is 14.2 Å². The van der Waals surface area contributed by atoms with Gasteiger partial charge in [0.25, 0.3) is 0 Å². The third-order valence-corrected chi connectivity index (χ3v) is 11.7. The van der Waals surface area contributed by atoms with Crippen molar-refractivity contribution in [2.45, 2.75) is 264 Å². The van der Waals surface area contributed by atoms with Gasteiger partial charge in [0.2, 0.25) is 0 Å². The minimum atomic E-state index is -0.796. The molecule has 0 spiro atoms. The summed E-state index contributed by atoms with van der Waals surface area (Å²) in [7, 11) is 0. The monoisotopic (exact) mass is 919 g/mol. The number of ether oxygens (including phenoxy) is 3. The fourth-order valence-electron chi connectivity index (χ4n) is 7.52. The lowest BCUT2D eigenvalue weighted by atomic mass is 10.1. The maximum absolute atomic E-state index is 12.8. The number of esters is 3. The van der Waals surface area contributed by atoms with Crippen LogP contribution in [0.5, 0.6) is 0 Å². The van der Waals surface area contributed by atoms with Gasteiger partial charge in [-0.1, -0.05) is 228 Å². The Morgan fingerprint density at radius 2 is 0.652 bits per heavy atom. The second kappa shape index (κ2) is 54.2. The van der Waals surface area contributed by atoms with Crippen LogP contribution in [0, 0.1) is 0 Å². The van der Waals surface area contributed by atoms with Gasteiger partial charge in [0.1, 0.15) is 13.2 Å². The van der Waals surface area contributed by atoms with Crippen molar-refractivity contribution < 1.29 is 28.6 Å². The summed E-state index contributed by atoms with van der Waals surface area (Å²) in [5.74, 6) is -0.935. The van der Waals surface area contributed by atoms with Crippen molar-refractivity contribution >= 4 is 17.9 Å². The lowest BCUT2D eigenvalue weighted by molar-refractivity contribution is -0.167. The molecule has 0 radical (unpaired) electrons. The Kier molecular flexibility index (Phi) is 51.4. The molecule has 0 saturated carbocycles. The Balaban J connectivity index is 4.44. The van der Waals surface area contributed by atoms with Crippen molar-refractivity contribution in [3.63, 3.8) is 0 Å². The van der Waals surface area contributed by atoms with E-state index in [0.717, 1.165) is 116 Å². The minimum absolute atomic E-state index is 0.0949. The van der Waals surface area contributed by atoms with Gasteiger partial charge in [-0.15, -0.1) is 0 Å². The molecule has 378 valence electrons. The molecule has 0 aromatic heterocycles. The number of hydrogen-bond donors (Lipinski definition) is 0. The van der Waals surface area contributed by atoms with E-state index in [4.69, 9.17) is 14.2 Å². The van der Waals surface area contributed by atoms with Crippen LogP contribution in [0.1, 0.15) is 258 Å². The Morgan fingerprint density at radius 1 is 0.333 bits per heavy atom. The molecular formula is C60H102O6. The summed E-state index contributed by atoms with van der Waals surface area (Å²) in [5, 5.41) is 0. The molecule has 0 rings (SSSR count). The largest absolute Gasteiger partial charge is 0.462 e. The highest BCUT2D eigenvalue weighted by Gasteiger charge is 2.19. The molecule has 0 fully saturated rings. The van der Waals surface area contributed by atoms with E-state index < -0.39 is 6.10 Å². The van der Waals surface area contributed by atoms with E-state index >= 15 is 0 Å². The number of hydrogen-bond acceptors (Lipinski definition) is 6. The highest BCUT2D eigenvalue weighted by molar-refractivity contribution is 5.71. The van der Waals surface area contributed by atoms with Gasteiger partial charge in [0.05, 0.1) is 0 Å². The number of rotatable bonds is 49. The number of carbonyl (C=O) groups is 3. The topological polar surface area (TPSA) is 78.9 Å². The first-order chi connectivity index (χ1) is 32.5. The average molecular weight is 919 g/mol. The predicted molar refractivity (Wildman–Crippen MR) is 284 cm³/mol. The fourth-order valence-corrected chi connectivity index (χ4v) is 7.52. The second-order valence-corrected chi connectivity index (χ2v) is 18.2. The average Bonchev–Trinajstić information content (AvgIpc) is 3.31. The summed E-state index contributed by atoms with van der Waals surface area (Å²) < 4.78 is 16.8. The summed E-state index contributed by atoms with van der Waals surface area (Å²) in [6, 6.07) is 0. The van der Waals surface area contributed by atoms with E-state index in [9.17, 15) is 14.4 Å². The summed E-state index contributed by atoms with van der Waals surface area (Å²) in [6.07, 6.45) is 69.9. The molecule has 0 aliphatic carbocycles. The van der Waals surface area contributed by atoms with E-state index in [1.54, 1.807) is 0 Å². The summed E-state index contributed by atoms with van der Waals surface area (Å²) in [6.45, 7) is 6.44. The highest BCUT2D eigenvalue weighted by atomic mass is 16.6. The van der Waals surface area contributed by atoms with Gasteiger partial charge in [-0.2, -0.15) is 0 Å². The van der Waals surface area contributed by atoms with Crippen molar-refractivity contribution in [3.8, 4) is 0 Å². The lowest BCUT2D eigenvalue weighted by Crippen LogP contribution is -2.30. The van der Waals surface area contributed by atoms with Gasteiger partial charge in [-0.05, 0) is 96.3 Å². The third kappa shape index (κ3) is 51.6. The van der Waals surface area contributed by atoms with Crippen LogP contribution in [0.3, 0.4) is 0 Å². The Labute approximate surface area is 407 Å². The maximum Gasteiger partial charge on any atom is 0.306 e. The molecule has 0 heterocycles. The quantitative estimate of drug-likeness (QED) is 0.0199. The number of unbranched alkanes of at least 4 members (excludes halogenated alkanes) is 27. The molecule has 0 aliphatic rings.